The molecule has 0 aromatic heterocycles. The predicted octanol–water partition coefficient (Wildman–Crippen LogP) is 6.41. The Morgan fingerprint density at radius 3 is 1.55 bits per heavy atom. The molecule has 5 nitrogen and oxygen atoms in total. The molecule has 5 heteroatoms. The van der Waals surface area contributed by atoms with Crippen LogP contribution in [0.25, 0.3) is 0 Å². The van der Waals surface area contributed by atoms with Crippen LogP contribution in [-0.2, 0) is 14.3 Å². The number of ether oxygens (including phenoxy) is 1. The van der Waals surface area contributed by atoms with Crippen molar-refractivity contribution >= 4 is 11.9 Å². The van der Waals surface area contributed by atoms with Crippen molar-refractivity contribution in [3.8, 4) is 0 Å². The Morgan fingerprint density at radius 2 is 1.10 bits per heavy atom. The van der Waals surface area contributed by atoms with Crippen LogP contribution in [0, 0.1) is 0 Å². The van der Waals surface area contributed by atoms with E-state index in [1.54, 1.807) is 0 Å². The quantitative estimate of drug-likeness (QED) is 0.167. The summed E-state index contributed by atoms with van der Waals surface area (Å²) < 4.78 is 5.16. The van der Waals surface area contributed by atoms with Crippen LogP contribution in [0.15, 0.2) is 0 Å². The Morgan fingerprint density at radius 1 is 0.690 bits per heavy atom. The number of rotatable bonds is 21. The van der Waals surface area contributed by atoms with Gasteiger partial charge in [-0.05, 0) is 19.3 Å². The highest BCUT2D eigenvalue weighted by molar-refractivity contribution is 5.84. The summed E-state index contributed by atoms with van der Waals surface area (Å²) in [5.41, 5.74) is -2.00. The summed E-state index contributed by atoms with van der Waals surface area (Å²) in [7, 11) is 0. The first-order valence-electron chi connectivity index (χ1n) is 12.1. The van der Waals surface area contributed by atoms with Gasteiger partial charge in [0.05, 0.1) is 13.0 Å². The Bertz CT molecular complexity index is 410. The van der Waals surface area contributed by atoms with Crippen LogP contribution in [0.5, 0.6) is 0 Å². The van der Waals surface area contributed by atoms with Gasteiger partial charge in [-0.3, -0.25) is 4.79 Å². The molecule has 0 aliphatic carbocycles. The maximum atomic E-state index is 12.0. The molecular weight excluding hydrogens is 368 g/mol. The van der Waals surface area contributed by atoms with E-state index in [2.05, 4.69) is 13.8 Å². The molecule has 1 atom stereocenters. The van der Waals surface area contributed by atoms with Crippen molar-refractivity contribution in [3.63, 3.8) is 0 Å². The lowest BCUT2D eigenvalue weighted by Gasteiger charge is -2.22. The normalized spacial score (nSPS) is 13.2. The second-order valence-electron chi connectivity index (χ2n) is 8.43. The molecular formula is C24H46O5. The fourth-order valence-corrected chi connectivity index (χ4v) is 3.53. The number of carboxylic acid groups (broad SMARTS) is 1. The van der Waals surface area contributed by atoms with Gasteiger partial charge in [-0.1, -0.05) is 104 Å². The lowest BCUT2D eigenvalue weighted by molar-refractivity contribution is -0.168. The average Bonchev–Trinajstić information content (AvgIpc) is 2.68. The summed E-state index contributed by atoms with van der Waals surface area (Å²) >= 11 is 0. The topological polar surface area (TPSA) is 83.8 Å². The number of unbranched alkanes of at least 4 members (excludes halogenated alkanes) is 14. The molecule has 0 rings (SSSR count). The van der Waals surface area contributed by atoms with Gasteiger partial charge in [0.15, 0.2) is 5.60 Å². The summed E-state index contributed by atoms with van der Waals surface area (Å²) in [6.07, 6.45) is 17.7. The van der Waals surface area contributed by atoms with Crippen LogP contribution in [0.1, 0.15) is 129 Å². The van der Waals surface area contributed by atoms with Crippen molar-refractivity contribution in [2.45, 2.75) is 135 Å². The Labute approximate surface area is 178 Å². The lowest BCUT2D eigenvalue weighted by Crippen LogP contribution is -2.41. The summed E-state index contributed by atoms with van der Waals surface area (Å²) in [4.78, 5) is 23.4. The third-order valence-corrected chi connectivity index (χ3v) is 5.54. The van der Waals surface area contributed by atoms with Crippen molar-refractivity contribution in [2.75, 3.05) is 6.61 Å². The fraction of sp³-hybridized carbons (Fsp3) is 0.917. The van der Waals surface area contributed by atoms with Crippen LogP contribution in [-0.4, -0.2) is 34.4 Å². The first kappa shape index (κ1) is 27.9. The Hall–Kier alpha value is -1.10. The van der Waals surface area contributed by atoms with E-state index in [0.29, 0.717) is 13.0 Å². The van der Waals surface area contributed by atoms with Crippen molar-refractivity contribution in [1.29, 1.82) is 0 Å². The number of aliphatic hydroxyl groups is 1. The molecule has 0 aliphatic heterocycles. The van der Waals surface area contributed by atoms with Crippen LogP contribution < -0.4 is 0 Å². The van der Waals surface area contributed by atoms with Gasteiger partial charge in [0.25, 0.3) is 0 Å². The fourth-order valence-electron chi connectivity index (χ4n) is 3.53. The first-order valence-corrected chi connectivity index (χ1v) is 12.1. The highest BCUT2D eigenvalue weighted by Crippen LogP contribution is 2.21. The largest absolute Gasteiger partial charge is 0.479 e. The lowest BCUT2D eigenvalue weighted by atomic mass is 9.92. The number of carbonyl (C=O) groups excluding carboxylic acids is 1. The Kier molecular flexibility index (Phi) is 18.2. The minimum absolute atomic E-state index is 0.0990. The molecule has 0 fully saturated rings. The number of hydrogen-bond donors (Lipinski definition) is 2. The van der Waals surface area contributed by atoms with Gasteiger partial charge in [-0.25, -0.2) is 4.79 Å². The zero-order valence-corrected chi connectivity index (χ0v) is 19.1. The molecule has 1 unspecified atom stereocenters. The van der Waals surface area contributed by atoms with E-state index in [1.165, 1.54) is 51.4 Å². The molecule has 0 aromatic carbocycles. The molecule has 0 heterocycles. The van der Waals surface area contributed by atoms with E-state index >= 15 is 0 Å². The third-order valence-electron chi connectivity index (χ3n) is 5.54. The monoisotopic (exact) mass is 414 g/mol. The van der Waals surface area contributed by atoms with E-state index in [0.717, 1.165) is 44.9 Å². The summed E-state index contributed by atoms with van der Waals surface area (Å²) in [6, 6.07) is 0. The number of esters is 1. The molecule has 0 aliphatic rings. The van der Waals surface area contributed by atoms with Gasteiger partial charge in [0.2, 0.25) is 0 Å². The number of carboxylic acids is 1. The van der Waals surface area contributed by atoms with Crippen LogP contribution in [0.2, 0.25) is 0 Å². The van der Waals surface area contributed by atoms with Crippen molar-refractivity contribution in [2.24, 2.45) is 0 Å². The molecule has 0 saturated carbocycles. The minimum Gasteiger partial charge on any atom is -0.479 e. The van der Waals surface area contributed by atoms with Crippen molar-refractivity contribution in [3.05, 3.63) is 0 Å². The summed E-state index contributed by atoms with van der Waals surface area (Å²) in [5, 5.41) is 19.7. The van der Waals surface area contributed by atoms with Gasteiger partial charge >= 0.3 is 11.9 Å². The van der Waals surface area contributed by atoms with E-state index < -0.39 is 24.0 Å². The highest BCUT2D eigenvalue weighted by atomic mass is 16.5. The van der Waals surface area contributed by atoms with Crippen molar-refractivity contribution in [1.82, 2.24) is 0 Å². The summed E-state index contributed by atoms with van der Waals surface area (Å²) in [6.45, 7) is 4.68. The van der Waals surface area contributed by atoms with Crippen LogP contribution >= 0.6 is 0 Å². The third kappa shape index (κ3) is 16.4. The number of aliphatic carboxylic acids is 1. The molecule has 0 radical (unpaired) electrons. The van der Waals surface area contributed by atoms with Gasteiger partial charge in [-0.2, -0.15) is 0 Å². The molecule has 0 amide bonds. The first-order chi connectivity index (χ1) is 14.0. The highest BCUT2D eigenvalue weighted by Gasteiger charge is 2.38. The van der Waals surface area contributed by atoms with Gasteiger partial charge < -0.3 is 14.9 Å². The molecule has 0 bridgehead atoms. The van der Waals surface area contributed by atoms with E-state index in [-0.39, 0.29) is 6.42 Å². The average molecular weight is 415 g/mol. The predicted molar refractivity (Wildman–Crippen MR) is 118 cm³/mol. The molecule has 0 saturated heterocycles. The standard InChI is InChI=1S/C24H46O5/c1-3-5-7-9-11-12-13-14-16-18-20-29-22(25)21-24(28,23(26)27)19-17-15-10-8-6-4-2/h28H,3-21H2,1-2H3,(H,26,27). The maximum Gasteiger partial charge on any atom is 0.336 e. The van der Waals surface area contributed by atoms with Gasteiger partial charge in [0, 0.05) is 0 Å². The van der Waals surface area contributed by atoms with Crippen LogP contribution in [0.4, 0.5) is 0 Å². The zero-order chi connectivity index (χ0) is 21.8. The second-order valence-corrected chi connectivity index (χ2v) is 8.43. The van der Waals surface area contributed by atoms with Crippen molar-refractivity contribution < 1.29 is 24.5 Å². The van der Waals surface area contributed by atoms with E-state index in [9.17, 15) is 19.8 Å². The summed E-state index contributed by atoms with van der Waals surface area (Å²) in [5.74, 6) is -1.95. The SMILES string of the molecule is CCCCCCCCCCCCOC(=O)CC(O)(CCCCCCCC)C(=O)O. The second kappa shape index (κ2) is 18.9. The molecule has 2 N–H and O–H groups in total. The molecule has 172 valence electrons. The maximum absolute atomic E-state index is 12.0. The number of carbonyl (C=O) groups is 2. The minimum atomic E-state index is -2.00. The van der Waals surface area contributed by atoms with E-state index in [1.807, 2.05) is 0 Å². The van der Waals surface area contributed by atoms with E-state index in [4.69, 9.17) is 4.74 Å². The van der Waals surface area contributed by atoms with Gasteiger partial charge in [0.1, 0.15) is 0 Å². The Balaban J connectivity index is 3.80. The molecule has 29 heavy (non-hydrogen) atoms. The smallest absolute Gasteiger partial charge is 0.336 e. The van der Waals surface area contributed by atoms with Crippen LogP contribution in [0.3, 0.4) is 0 Å². The zero-order valence-electron chi connectivity index (χ0n) is 19.1. The number of hydrogen-bond acceptors (Lipinski definition) is 4. The molecule has 0 aromatic rings. The van der Waals surface area contributed by atoms with Gasteiger partial charge in [-0.15, -0.1) is 0 Å². The molecule has 0 spiro atoms.